The molecule has 0 aliphatic heterocycles. The van der Waals surface area contributed by atoms with E-state index in [1.54, 1.807) is 5.48 Å². The first-order chi connectivity index (χ1) is 6.07. The molecule has 13 heavy (non-hydrogen) atoms. The lowest BCUT2D eigenvalue weighted by Crippen LogP contribution is -2.36. The van der Waals surface area contributed by atoms with Crippen molar-refractivity contribution in [1.29, 1.82) is 0 Å². The molecule has 7 nitrogen and oxygen atoms in total. The van der Waals surface area contributed by atoms with Gasteiger partial charge in [0.05, 0.1) is 0 Å². The highest BCUT2D eigenvalue weighted by Crippen LogP contribution is 1.94. The van der Waals surface area contributed by atoms with Gasteiger partial charge in [-0.1, -0.05) is 0 Å². The number of hydroxylamine groups is 1. The number of carbonyl (C=O) groups excluding carboxylic acids is 3. The topological polar surface area (TPSA) is 125 Å². The molecule has 0 rings (SSSR count). The molecule has 0 spiro atoms. The van der Waals surface area contributed by atoms with Crippen molar-refractivity contribution in [2.75, 3.05) is 0 Å². The van der Waals surface area contributed by atoms with Gasteiger partial charge >= 0.3 is 5.97 Å². The number of hydrogen-bond donors (Lipinski definition) is 3. The van der Waals surface area contributed by atoms with Gasteiger partial charge in [0, 0.05) is 6.42 Å². The molecule has 0 fully saturated rings. The van der Waals surface area contributed by atoms with Crippen LogP contribution in [0, 0.1) is 0 Å². The fourth-order valence-electron chi connectivity index (χ4n) is 0.573. The van der Waals surface area contributed by atoms with Gasteiger partial charge in [0.2, 0.25) is 12.3 Å². The second kappa shape index (κ2) is 5.95. The quantitative estimate of drug-likeness (QED) is 0.322. The molecule has 0 bridgehead atoms. The summed E-state index contributed by atoms with van der Waals surface area (Å²) in [4.78, 5) is 34.9. The molecule has 0 radical (unpaired) electrons. The van der Waals surface area contributed by atoms with Crippen LogP contribution in [0.5, 0.6) is 0 Å². The highest BCUT2D eigenvalue weighted by atomic mass is 16.7. The van der Waals surface area contributed by atoms with Crippen LogP contribution in [0.3, 0.4) is 0 Å². The van der Waals surface area contributed by atoms with Crippen molar-refractivity contribution >= 4 is 18.3 Å². The number of carbonyl (C=O) groups is 3. The van der Waals surface area contributed by atoms with Crippen molar-refractivity contribution in [3.63, 3.8) is 0 Å². The lowest BCUT2D eigenvalue weighted by atomic mass is 10.2. The molecule has 0 saturated carbocycles. The van der Waals surface area contributed by atoms with Crippen LogP contribution in [-0.2, 0) is 19.2 Å². The standard InChI is InChI=1S/C6H11N3O4/c7-4(1-2-5(8)11)6(12)13-9-3-10/h3-4H,1-2,7H2,(H2,8,11)(H,9,10)/t4-/m0/s1. The first kappa shape index (κ1) is 11.4. The number of primary amides is 1. The third-order valence-electron chi connectivity index (χ3n) is 1.21. The Morgan fingerprint density at radius 3 is 2.62 bits per heavy atom. The molecule has 0 aliphatic rings. The predicted molar refractivity (Wildman–Crippen MR) is 41.7 cm³/mol. The third kappa shape index (κ3) is 5.62. The first-order valence-electron chi connectivity index (χ1n) is 3.51. The van der Waals surface area contributed by atoms with E-state index in [9.17, 15) is 14.4 Å². The van der Waals surface area contributed by atoms with Gasteiger partial charge in [-0.3, -0.25) is 9.59 Å². The van der Waals surface area contributed by atoms with Crippen molar-refractivity contribution in [2.45, 2.75) is 18.9 Å². The molecule has 0 heterocycles. The number of amides is 2. The van der Waals surface area contributed by atoms with E-state index in [1.807, 2.05) is 0 Å². The van der Waals surface area contributed by atoms with Gasteiger partial charge in [0.25, 0.3) is 0 Å². The van der Waals surface area contributed by atoms with Crippen molar-refractivity contribution < 1.29 is 19.2 Å². The molecule has 1 atom stereocenters. The van der Waals surface area contributed by atoms with Gasteiger partial charge in [0.15, 0.2) is 0 Å². The lowest BCUT2D eigenvalue weighted by molar-refractivity contribution is -0.156. The minimum atomic E-state index is -0.958. The van der Waals surface area contributed by atoms with Gasteiger partial charge in [-0.25, -0.2) is 4.79 Å². The van der Waals surface area contributed by atoms with Gasteiger partial charge in [-0.2, -0.15) is 5.48 Å². The highest BCUT2D eigenvalue weighted by Gasteiger charge is 2.15. The summed E-state index contributed by atoms with van der Waals surface area (Å²) < 4.78 is 0. The molecule has 5 N–H and O–H groups in total. The third-order valence-corrected chi connectivity index (χ3v) is 1.21. The molecule has 0 aromatic carbocycles. The van der Waals surface area contributed by atoms with E-state index in [1.165, 1.54) is 0 Å². The largest absolute Gasteiger partial charge is 0.370 e. The van der Waals surface area contributed by atoms with E-state index in [0.29, 0.717) is 0 Å². The summed E-state index contributed by atoms with van der Waals surface area (Å²) in [7, 11) is 0. The number of hydrogen-bond acceptors (Lipinski definition) is 5. The summed E-state index contributed by atoms with van der Waals surface area (Å²) in [5, 5.41) is 0. The maximum atomic E-state index is 10.8. The number of nitrogens with one attached hydrogen (secondary N) is 1. The molecule has 0 aliphatic carbocycles. The Kier molecular flexibility index (Phi) is 5.20. The molecule has 0 unspecified atom stereocenters. The first-order valence-corrected chi connectivity index (χ1v) is 3.51. The Bertz CT molecular complexity index is 206. The molecular weight excluding hydrogens is 178 g/mol. The Balaban J connectivity index is 3.68. The fraction of sp³-hybridized carbons (Fsp3) is 0.500. The lowest BCUT2D eigenvalue weighted by Gasteiger charge is -2.07. The fourth-order valence-corrected chi connectivity index (χ4v) is 0.573. The van der Waals surface area contributed by atoms with Crippen molar-refractivity contribution in [1.82, 2.24) is 5.48 Å². The van der Waals surface area contributed by atoms with E-state index in [0.717, 1.165) is 0 Å². The average Bonchev–Trinajstić information content (AvgIpc) is 2.10. The van der Waals surface area contributed by atoms with Crippen molar-refractivity contribution in [2.24, 2.45) is 11.5 Å². The maximum absolute atomic E-state index is 10.8. The van der Waals surface area contributed by atoms with Crippen LogP contribution >= 0.6 is 0 Å². The Morgan fingerprint density at radius 1 is 1.54 bits per heavy atom. The van der Waals surface area contributed by atoms with Crippen LogP contribution in [-0.4, -0.2) is 24.3 Å². The van der Waals surface area contributed by atoms with E-state index < -0.39 is 17.9 Å². The Morgan fingerprint density at radius 2 is 2.15 bits per heavy atom. The van der Waals surface area contributed by atoms with E-state index >= 15 is 0 Å². The average molecular weight is 189 g/mol. The summed E-state index contributed by atoms with van der Waals surface area (Å²) in [5.41, 5.74) is 11.8. The molecule has 0 aromatic rings. The van der Waals surface area contributed by atoms with Gasteiger partial charge in [-0.05, 0) is 6.42 Å². The van der Waals surface area contributed by atoms with Crippen molar-refractivity contribution in [3.8, 4) is 0 Å². The second-order valence-electron chi connectivity index (χ2n) is 2.27. The smallest absolute Gasteiger partial charge is 0.348 e. The molecule has 7 heteroatoms. The monoisotopic (exact) mass is 189 g/mol. The molecule has 0 aromatic heterocycles. The zero-order chi connectivity index (χ0) is 10.3. The van der Waals surface area contributed by atoms with Gasteiger partial charge < -0.3 is 16.3 Å². The van der Waals surface area contributed by atoms with E-state index in [-0.39, 0.29) is 19.3 Å². The van der Waals surface area contributed by atoms with Crippen LogP contribution < -0.4 is 16.9 Å². The minimum Gasteiger partial charge on any atom is -0.370 e. The van der Waals surface area contributed by atoms with Gasteiger partial charge in [0.1, 0.15) is 6.04 Å². The summed E-state index contributed by atoms with van der Waals surface area (Å²) in [6, 6.07) is -0.958. The zero-order valence-electron chi connectivity index (χ0n) is 6.86. The summed E-state index contributed by atoms with van der Waals surface area (Å²) in [6.07, 6.45) is 0.283. The van der Waals surface area contributed by atoms with Crippen molar-refractivity contribution in [3.05, 3.63) is 0 Å². The Hall–Kier alpha value is -1.63. The van der Waals surface area contributed by atoms with E-state index in [4.69, 9.17) is 11.5 Å². The number of rotatable bonds is 6. The summed E-state index contributed by atoms with van der Waals surface area (Å²) in [6.45, 7) is 0. The molecule has 2 amide bonds. The zero-order valence-corrected chi connectivity index (χ0v) is 6.86. The van der Waals surface area contributed by atoms with Crippen LogP contribution in [0.25, 0.3) is 0 Å². The molecule has 74 valence electrons. The number of nitrogens with two attached hydrogens (primary N) is 2. The van der Waals surface area contributed by atoms with Crippen LogP contribution in [0.4, 0.5) is 0 Å². The maximum Gasteiger partial charge on any atom is 0.348 e. The van der Waals surface area contributed by atoms with Crippen LogP contribution in [0.15, 0.2) is 0 Å². The normalized spacial score (nSPS) is 11.5. The molecule has 0 saturated heterocycles. The van der Waals surface area contributed by atoms with Crippen LogP contribution in [0.1, 0.15) is 12.8 Å². The minimum absolute atomic E-state index is 0.00262. The second-order valence-corrected chi connectivity index (χ2v) is 2.27. The SMILES string of the molecule is NC(=O)CC[C@H](N)C(=O)ONC=O. The van der Waals surface area contributed by atoms with Crippen LogP contribution in [0.2, 0.25) is 0 Å². The van der Waals surface area contributed by atoms with E-state index in [2.05, 4.69) is 4.84 Å². The summed E-state index contributed by atoms with van der Waals surface area (Å²) in [5.74, 6) is -1.36. The summed E-state index contributed by atoms with van der Waals surface area (Å²) >= 11 is 0. The highest BCUT2D eigenvalue weighted by molar-refractivity contribution is 5.78. The predicted octanol–water partition coefficient (Wildman–Crippen LogP) is -2.22. The Labute approximate surface area is 74.3 Å². The van der Waals surface area contributed by atoms with Gasteiger partial charge in [-0.15, -0.1) is 0 Å². The molecular formula is C6H11N3O4.